The molecule has 0 heterocycles. The van der Waals surface area contributed by atoms with Crippen molar-refractivity contribution in [3.8, 4) is 0 Å². The van der Waals surface area contributed by atoms with Crippen molar-refractivity contribution in [1.29, 1.82) is 0 Å². The number of alkyl halides is 6. The van der Waals surface area contributed by atoms with Gasteiger partial charge in [-0.2, -0.15) is 26.3 Å². The Morgan fingerprint density at radius 3 is 1.59 bits per heavy atom. The summed E-state index contributed by atoms with van der Waals surface area (Å²) >= 11 is 0. The number of aromatic carboxylic acids is 2. The number of rotatable bonds is 4. The molecule has 0 bridgehead atoms. The van der Waals surface area contributed by atoms with E-state index in [4.69, 9.17) is 10.2 Å². The highest BCUT2D eigenvalue weighted by Gasteiger charge is 2.73. The largest absolute Gasteiger partial charge is 0.478 e. The molecular formula is C17H10F6O4. The molecule has 0 spiro atoms. The number of halogens is 6. The standard InChI is InChI=1S/C17H10F6O4/c18-16(19,20)15(17(21,22)23,10-7-5-9(6-8-10)13(24)25)12-4-2-1-3-11(12)14(26)27/h1-8H,(H,24,25)(H,26,27). The van der Waals surface area contributed by atoms with Crippen molar-refractivity contribution in [2.24, 2.45) is 0 Å². The fourth-order valence-corrected chi connectivity index (χ4v) is 2.81. The van der Waals surface area contributed by atoms with Gasteiger partial charge in [-0.05, 0) is 29.3 Å². The van der Waals surface area contributed by atoms with E-state index in [1.807, 2.05) is 0 Å². The van der Waals surface area contributed by atoms with Crippen molar-refractivity contribution in [2.45, 2.75) is 17.8 Å². The molecule has 144 valence electrons. The molecule has 0 unspecified atom stereocenters. The third kappa shape index (κ3) is 3.22. The van der Waals surface area contributed by atoms with Crippen LogP contribution >= 0.6 is 0 Å². The van der Waals surface area contributed by atoms with Gasteiger partial charge in [0.05, 0.1) is 11.1 Å². The first-order valence-electron chi connectivity index (χ1n) is 7.14. The zero-order valence-corrected chi connectivity index (χ0v) is 13.1. The molecular weight excluding hydrogens is 382 g/mol. The van der Waals surface area contributed by atoms with E-state index in [-0.39, 0.29) is 0 Å². The van der Waals surface area contributed by atoms with Crippen LogP contribution in [-0.2, 0) is 5.41 Å². The maximum absolute atomic E-state index is 13.9. The Morgan fingerprint density at radius 1 is 0.704 bits per heavy atom. The van der Waals surface area contributed by atoms with Gasteiger partial charge in [-0.15, -0.1) is 0 Å². The van der Waals surface area contributed by atoms with Crippen molar-refractivity contribution in [3.05, 3.63) is 70.8 Å². The van der Waals surface area contributed by atoms with Crippen LogP contribution in [0.15, 0.2) is 48.5 Å². The molecule has 2 aromatic carbocycles. The number of benzene rings is 2. The lowest BCUT2D eigenvalue weighted by Crippen LogP contribution is -2.55. The molecule has 0 saturated carbocycles. The molecule has 0 fully saturated rings. The van der Waals surface area contributed by atoms with E-state index in [1.54, 1.807) is 0 Å². The molecule has 27 heavy (non-hydrogen) atoms. The molecule has 0 aliphatic rings. The number of carbonyl (C=O) groups is 2. The molecule has 2 aromatic rings. The smallest absolute Gasteiger partial charge is 0.411 e. The van der Waals surface area contributed by atoms with Gasteiger partial charge in [0.25, 0.3) is 0 Å². The van der Waals surface area contributed by atoms with Crippen LogP contribution < -0.4 is 0 Å². The summed E-state index contributed by atoms with van der Waals surface area (Å²) in [5.74, 6) is -3.51. The summed E-state index contributed by atoms with van der Waals surface area (Å²) in [5, 5.41) is 17.9. The van der Waals surface area contributed by atoms with E-state index in [1.165, 1.54) is 0 Å². The number of hydrogen-bond donors (Lipinski definition) is 2. The van der Waals surface area contributed by atoms with Crippen molar-refractivity contribution in [2.75, 3.05) is 0 Å². The average molecular weight is 392 g/mol. The minimum Gasteiger partial charge on any atom is -0.478 e. The van der Waals surface area contributed by atoms with Crippen LogP contribution in [0, 0.1) is 0 Å². The van der Waals surface area contributed by atoms with Crippen LogP contribution in [0.4, 0.5) is 26.3 Å². The quantitative estimate of drug-likeness (QED) is 0.752. The summed E-state index contributed by atoms with van der Waals surface area (Å²) in [6, 6.07) is 4.87. The Balaban J connectivity index is 2.97. The lowest BCUT2D eigenvalue weighted by molar-refractivity contribution is -0.288. The second-order valence-corrected chi connectivity index (χ2v) is 5.48. The third-order valence-electron chi connectivity index (χ3n) is 3.98. The molecule has 2 rings (SSSR count). The van der Waals surface area contributed by atoms with E-state index in [2.05, 4.69) is 0 Å². The molecule has 10 heteroatoms. The van der Waals surface area contributed by atoms with Gasteiger partial charge in [-0.1, -0.05) is 30.3 Å². The number of carboxylic acids is 2. The highest BCUT2D eigenvalue weighted by Crippen LogP contribution is 2.56. The van der Waals surface area contributed by atoms with Crippen LogP contribution in [0.1, 0.15) is 31.8 Å². The summed E-state index contributed by atoms with van der Waals surface area (Å²) in [7, 11) is 0. The van der Waals surface area contributed by atoms with Crippen LogP contribution in [0.2, 0.25) is 0 Å². The van der Waals surface area contributed by atoms with Crippen LogP contribution in [0.3, 0.4) is 0 Å². The average Bonchev–Trinajstić information content (AvgIpc) is 2.53. The number of carboxylic acid groups (broad SMARTS) is 2. The second kappa shape index (κ2) is 6.60. The zero-order valence-electron chi connectivity index (χ0n) is 13.1. The number of hydrogen-bond acceptors (Lipinski definition) is 2. The topological polar surface area (TPSA) is 74.6 Å². The van der Waals surface area contributed by atoms with Crippen molar-refractivity contribution >= 4 is 11.9 Å². The van der Waals surface area contributed by atoms with E-state index in [0.717, 1.165) is 12.1 Å². The highest BCUT2D eigenvalue weighted by atomic mass is 19.4. The van der Waals surface area contributed by atoms with E-state index < -0.39 is 52.0 Å². The summed E-state index contributed by atoms with van der Waals surface area (Å²) in [6.45, 7) is 0. The van der Waals surface area contributed by atoms with E-state index in [9.17, 15) is 35.9 Å². The Kier molecular flexibility index (Phi) is 4.96. The van der Waals surface area contributed by atoms with Gasteiger partial charge in [0.15, 0.2) is 0 Å². The maximum atomic E-state index is 13.9. The summed E-state index contributed by atoms with van der Waals surface area (Å²) in [4.78, 5) is 22.1. The lowest BCUT2D eigenvalue weighted by Gasteiger charge is -2.39. The molecule has 0 radical (unpaired) electrons. The SMILES string of the molecule is O=C(O)c1ccc(C(c2ccccc2C(=O)O)(C(F)(F)F)C(F)(F)F)cc1. The Labute approximate surface area is 147 Å². The minimum atomic E-state index is -5.97. The Bertz CT molecular complexity index is 854. The molecule has 0 aliphatic carbocycles. The molecule has 0 amide bonds. The van der Waals surface area contributed by atoms with Gasteiger partial charge in [0, 0.05) is 0 Å². The predicted molar refractivity (Wildman–Crippen MR) is 79.7 cm³/mol. The first-order chi connectivity index (χ1) is 12.3. The predicted octanol–water partition coefficient (Wildman–Crippen LogP) is 4.49. The zero-order chi connectivity index (χ0) is 20.6. The van der Waals surface area contributed by atoms with Gasteiger partial charge in [0.1, 0.15) is 0 Å². The third-order valence-corrected chi connectivity index (χ3v) is 3.98. The second-order valence-electron chi connectivity index (χ2n) is 5.48. The fourth-order valence-electron chi connectivity index (χ4n) is 2.81. The minimum absolute atomic E-state index is 0.378. The van der Waals surface area contributed by atoms with Crippen LogP contribution in [0.25, 0.3) is 0 Å². The van der Waals surface area contributed by atoms with Gasteiger partial charge in [0.2, 0.25) is 5.41 Å². The van der Waals surface area contributed by atoms with E-state index >= 15 is 0 Å². The highest BCUT2D eigenvalue weighted by molar-refractivity contribution is 5.90. The fraction of sp³-hybridized carbons (Fsp3) is 0.176. The summed E-state index contributed by atoms with van der Waals surface area (Å²) < 4.78 is 83.5. The normalized spacial score (nSPS) is 12.7. The molecule has 0 aromatic heterocycles. The van der Waals surface area contributed by atoms with Gasteiger partial charge in [-0.3, -0.25) is 0 Å². The van der Waals surface area contributed by atoms with Crippen LogP contribution in [-0.4, -0.2) is 34.5 Å². The van der Waals surface area contributed by atoms with Crippen molar-refractivity contribution in [1.82, 2.24) is 0 Å². The summed E-state index contributed by atoms with van der Waals surface area (Å²) in [6.07, 6.45) is -11.9. The Hall–Kier alpha value is -3.04. The molecule has 0 aliphatic heterocycles. The van der Waals surface area contributed by atoms with Crippen LogP contribution in [0.5, 0.6) is 0 Å². The first-order valence-corrected chi connectivity index (χ1v) is 7.14. The van der Waals surface area contributed by atoms with Crippen molar-refractivity contribution < 1.29 is 46.1 Å². The molecule has 4 nitrogen and oxygen atoms in total. The molecule has 0 atom stereocenters. The van der Waals surface area contributed by atoms with Gasteiger partial charge < -0.3 is 10.2 Å². The van der Waals surface area contributed by atoms with E-state index in [0.29, 0.717) is 36.4 Å². The Morgan fingerprint density at radius 2 is 1.19 bits per heavy atom. The first kappa shape index (κ1) is 20.3. The summed E-state index contributed by atoms with van der Waals surface area (Å²) in [5.41, 5.74) is -9.22. The van der Waals surface area contributed by atoms with Crippen molar-refractivity contribution in [3.63, 3.8) is 0 Å². The monoisotopic (exact) mass is 392 g/mol. The van der Waals surface area contributed by atoms with Gasteiger partial charge in [-0.25, -0.2) is 9.59 Å². The molecule has 0 saturated heterocycles. The maximum Gasteiger partial charge on any atom is 0.411 e. The van der Waals surface area contributed by atoms with Gasteiger partial charge >= 0.3 is 24.3 Å². The lowest BCUT2D eigenvalue weighted by atomic mass is 9.71. The molecule has 2 N–H and O–H groups in total.